The van der Waals surface area contributed by atoms with E-state index in [-0.39, 0.29) is 5.91 Å². The highest BCUT2D eigenvalue weighted by atomic mass is 16.2. The van der Waals surface area contributed by atoms with E-state index in [4.69, 9.17) is 0 Å². The Morgan fingerprint density at radius 3 is 2.71 bits per heavy atom. The summed E-state index contributed by atoms with van der Waals surface area (Å²) in [4.78, 5) is 16.9. The highest BCUT2D eigenvalue weighted by molar-refractivity contribution is 5.92. The van der Waals surface area contributed by atoms with Crippen LogP contribution in [0.3, 0.4) is 0 Å². The maximum absolute atomic E-state index is 12.4. The van der Waals surface area contributed by atoms with Gasteiger partial charge in [-0.2, -0.15) is 5.10 Å². The predicted octanol–water partition coefficient (Wildman–Crippen LogP) is 0.340. The molecule has 2 bridgehead atoms. The lowest BCUT2D eigenvalue weighted by Crippen LogP contribution is -2.41. The second-order valence-electron chi connectivity index (χ2n) is 4.95. The Bertz CT molecular complexity index is 420. The van der Waals surface area contributed by atoms with Crippen molar-refractivity contribution >= 4 is 5.91 Å². The summed E-state index contributed by atoms with van der Waals surface area (Å²) in [6.45, 7) is 4.13. The lowest BCUT2D eigenvalue weighted by atomic mass is 10.1. The molecule has 1 aromatic rings. The van der Waals surface area contributed by atoms with Crippen LogP contribution in [-0.2, 0) is 7.05 Å². The highest BCUT2D eigenvalue weighted by Gasteiger charge is 2.32. The number of aromatic nitrogens is 2. The first-order valence-electron chi connectivity index (χ1n) is 6.27. The minimum atomic E-state index is 0.0966. The van der Waals surface area contributed by atoms with E-state index in [0.29, 0.717) is 11.7 Å². The van der Waals surface area contributed by atoms with Crippen molar-refractivity contribution in [2.75, 3.05) is 26.2 Å². The number of carbonyl (C=O) groups excluding carboxylic acids is 1. The highest BCUT2D eigenvalue weighted by Crippen LogP contribution is 2.22. The number of aryl methyl sites for hydroxylation is 1. The number of piperidine rings is 1. The third kappa shape index (κ3) is 1.95. The lowest BCUT2D eigenvalue weighted by molar-refractivity contribution is 0.0678. The predicted molar refractivity (Wildman–Crippen MR) is 63.7 cm³/mol. The van der Waals surface area contributed by atoms with Gasteiger partial charge in [0, 0.05) is 45.5 Å². The molecule has 3 saturated heterocycles. The summed E-state index contributed by atoms with van der Waals surface area (Å²) in [6, 6.07) is 2.23. The fourth-order valence-electron chi connectivity index (χ4n) is 2.83. The van der Waals surface area contributed by atoms with Gasteiger partial charge in [0.2, 0.25) is 0 Å². The van der Waals surface area contributed by atoms with Gasteiger partial charge < -0.3 is 9.80 Å². The van der Waals surface area contributed by atoms with Gasteiger partial charge in [0.05, 0.1) is 0 Å². The van der Waals surface area contributed by atoms with Crippen molar-refractivity contribution in [3.63, 3.8) is 0 Å². The average molecular weight is 234 g/mol. The Morgan fingerprint density at radius 1 is 1.29 bits per heavy atom. The van der Waals surface area contributed by atoms with Crippen LogP contribution in [0.1, 0.15) is 23.3 Å². The van der Waals surface area contributed by atoms with Crippen molar-refractivity contribution in [3.05, 3.63) is 18.0 Å². The molecule has 1 amide bonds. The Morgan fingerprint density at radius 2 is 2.06 bits per heavy atom. The fourth-order valence-corrected chi connectivity index (χ4v) is 2.83. The van der Waals surface area contributed by atoms with Crippen molar-refractivity contribution in [1.82, 2.24) is 19.6 Å². The quantitative estimate of drug-likeness (QED) is 0.703. The molecule has 0 saturated carbocycles. The number of carbonyl (C=O) groups is 1. The van der Waals surface area contributed by atoms with Crippen molar-refractivity contribution in [1.29, 1.82) is 0 Å². The van der Waals surface area contributed by atoms with Gasteiger partial charge in [-0.05, 0) is 18.9 Å². The molecule has 0 N–H and O–H groups in total. The molecule has 4 rings (SSSR count). The zero-order valence-electron chi connectivity index (χ0n) is 10.2. The van der Waals surface area contributed by atoms with Crippen molar-refractivity contribution in [2.24, 2.45) is 7.05 Å². The third-order valence-corrected chi connectivity index (χ3v) is 3.85. The number of hydrogen-bond donors (Lipinski definition) is 0. The Labute approximate surface area is 101 Å². The third-order valence-electron chi connectivity index (χ3n) is 3.85. The fraction of sp³-hybridized carbons (Fsp3) is 0.667. The van der Waals surface area contributed by atoms with Crippen LogP contribution in [0.5, 0.6) is 0 Å². The van der Waals surface area contributed by atoms with E-state index in [0.717, 1.165) is 39.0 Å². The normalized spacial score (nSPS) is 28.2. The van der Waals surface area contributed by atoms with Gasteiger partial charge >= 0.3 is 0 Å². The molecule has 0 aromatic carbocycles. The molecule has 3 aliphatic rings. The summed E-state index contributed by atoms with van der Waals surface area (Å²) >= 11 is 0. The van der Waals surface area contributed by atoms with Crippen LogP contribution in [0.4, 0.5) is 0 Å². The van der Waals surface area contributed by atoms with E-state index in [9.17, 15) is 4.79 Å². The largest absolute Gasteiger partial charge is 0.333 e. The number of fused-ring (bicyclic) bond motifs is 4. The van der Waals surface area contributed by atoms with Gasteiger partial charge in [-0.3, -0.25) is 9.48 Å². The minimum absolute atomic E-state index is 0.0966. The van der Waals surface area contributed by atoms with Gasteiger partial charge in [-0.1, -0.05) is 0 Å². The van der Waals surface area contributed by atoms with Crippen LogP contribution in [0.2, 0.25) is 0 Å². The van der Waals surface area contributed by atoms with Crippen LogP contribution < -0.4 is 0 Å². The molecule has 0 atom stereocenters. The zero-order valence-corrected chi connectivity index (χ0v) is 10.2. The Hall–Kier alpha value is -1.36. The second kappa shape index (κ2) is 4.14. The van der Waals surface area contributed by atoms with Crippen molar-refractivity contribution < 1.29 is 4.79 Å². The first kappa shape index (κ1) is 10.8. The molecule has 17 heavy (non-hydrogen) atoms. The molecular formula is C12H18N4O. The SMILES string of the molecule is Cn1ccc(C(=O)N2CCN3CCC2CC3)n1. The summed E-state index contributed by atoms with van der Waals surface area (Å²) in [5, 5.41) is 4.21. The second-order valence-corrected chi connectivity index (χ2v) is 4.95. The van der Waals surface area contributed by atoms with Gasteiger partial charge in [0.25, 0.3) is 5.91 Å². The number of amides is 1. The Kier molecular flexibility index (Phi) is 2.63. The van der Waals surface area contributed by atoms with Gasteiger partial charge in [0.1, 0.15) is 5.69 Å². The average Bonchev–Trinajstić information content (AvgIpc) is 2.58. The summed E-state index contributed by atoms with van der Waals surface area (Å²) < 4.78 is 1.69. The summed E-state index contributed by atoms with van der Waals surface area (Å²) in [5.74, 6) is 0.0966. The van der Waals surface area contributed by atoms with E-state index in [1.807, 2.05) is 18.1 Å². The smallest absolute Gasteiger partial charge is 0.274 e. The monoisotopic (exact) mass is 234 g/mol. The maximum Gasteiger partial charge on any atom is 0.274 e. The van der Waals surface area contributed by atoms with Gasteiger partial charge in [-0.25, -0.2) is 0 Å². The number of hydrogen-bond acceptors (Lipinski definition) is 3. The van der Waals surface area contributed by atoms with Crippen LogP contribution in [-0.4, -0.2) is 57.7 Å². The Balaban J connectivity index is 1.81. The van der Waals surface area contributed by atoms with Gasteiger partial charge in [0.15, 0.2) is 0 Å². The molecule has 5 nitrogen and oxygen atoms in total. The summed E-state index contributed by atoms with van der Waals surface area (Å²) in [6.07, 6.45) is 4.04. The van der Waals surface area contributed by atoms with Crippen LogP contribution in [0.15, 0.2) is 12.3 Å². The molecule has 92 valence electrons. The van der Waals surface area contributed by atoms with Gasteiger partial charge in [-0.15, -0.1) is 0 Å². The van der Waals surface area contributed by atoms with Crippen LogP contribution >= 0.6 is 0 Å². The topological polar surface area (TPSA) is 41.4 Å². The van der Waals surface area contributed by atoms with E-state index >= 15 is 0 Å². The summed E-state index contributed by atoms with van der Waals surface area (Å²) in [7, 11) is 1.84. The van der Waals surface area contributed by atoms with E-state index in [2.05, 4.69) is 10.00 Å². The molecule has 5 heteroatoms. The first-order chi connectivity index (χ1) is 8.24. The van der Waals surface area contributed by atoms with E-state index in [1.54, 1.807) is 10.7 Å². The van der Waals surface area contributed by atoms with E-state index in [1.165, 1.54) is 0 Å². The lowest BCUT2D eigenvalue weighted by Gasteiger charge is -2.30. The minimum Gasteiger partial charge on any atom is -0.333 e. The van der Waals surface area contributed by atoms with Crippen LogP contribution in [0, 0.1) is 0 Å². The van der Waals surface area contributed by atoms with E-state index < -0.39 is 0 Å². The molecule has 0 radical (unpaired) electrons. The molecule has 3 fully saturated rings. The summed E-state index contributed by atoms with van der Waals surface area (Å²) in [5.41, 5.74) is 0.577. The molecule has 4 heterocycles. The molecular weight excluding hydrogens is 216 g/mol. The number of rotatable bonds is 1. The van der Waals surface area contributed by atoms with Crippen molar-refractivity contribution in [2.45, 2.75) is 18.9 Å². The zero-order chi connectivity index (χ0) is 11.8. The maximum atomic E-state index is 12.4. The van der Waals surface area contributed by atoms with Crippen molar-refractivity contribution in [3.8, 4) is 0 Å². The number of nitrogens with zero attached hydrogens (tertiary/aromatic N) is 4. The molecule has 0 spiro atoms. The molecule has 0 aliphatic carbocycles. The molecule has 3 aliphatic heterocycles. The van der Waals surface area contributed by atoms with Crippen LogP contribution in [0.25, 0.3) is 0 Å². The molecule has 0 unspecified atom stereocenters. The standard InChI is InChI=1S/C12H18N4O/c1-14-5-4-11(13-14)12(17)16-9-8-15-6-2-10(16)3-7-15/h4-5,10H,2-3,6-9H2,1H3. The molecule has 1 aromatic heterocycles. The first-order valence-corrected chi connectivity index (χ1v) is 6.27.